The van der Waals surface area contributed by atoms with Gasteiger partial charge in [0, 0.05) is 0 Å². The second-order valence-corrected chi connectivity index (χ2v) is 4.46. The number of nitrogens with zero attached hydrogens (tertiary/aromatic N) is 2. The number of hydrogen-bond donors (Lipinski definition) is 1. The maximum Gasteiger partial charge on any atom is 0.338 e. The lowest BCUT2D eigenvalue weighted by Gasteiger charge is -2.34. The van der Waals surface area contributed by atoms with Gasteiger partial charge in [-0.15, -0.1) is 0 Å². The van der Waals surface area contributed by atoms with Crippen LogP contribution in [0.5, 0.6) is 0 Å². The van der Waals surface area contributed by atoms with Crippen molar-refractivity contribution in [2.75, 3.05) is 24.6 Å². The van der Waals surface area contributed by atoms with E-state index in [2.05, 4.69) is 4.98 Å². The lowest BCUT2D eigenvalue weighted by molar-refractivity contribution is 0.0526. The van der Waals surface area contributed by atoms with Crippen LogP contribution in [-0.2, 0) is 4.74 Å². The molecule has 1 N–H and O–H groups in total. The number of esters is 1. The summed E-state index contributed by atoms with van der Waals surface area (Å²) in [4.78, 5) is 17.8. The van der Waals surface area contributed by atoms with E-state index in [4.69, 9.17) is 9.15 Å². The van der Waals surface area contributed by atoms with Crippen LogP contribution in [-0.4, -0.2) is 41.9 Å². The smallest absolute Gasteiger partial charge is 0.338 e. The molecule has 3 rings (SSSR count). The summed E-state index contributed by atoms with van der Waals surface area (Å²) in [6.07, 6.45) is -0.315. The number of β-amino-alcohol motifs (C(OH)–C–C–N with tert-alkyl or cyclic N) is 1. The van der Waals surface area contributed by atoms with Gasteiger partial charge in [0.2, 0.25) is 0 Å². The standard InChI is InChI=1S/C13H14N2O4/c1-2-18-12(17)8-3-4-10-11(5-8)19-13(14-10)15-6-9(16)7-15/h3-5,9,16H,2,6-7H2,1H3. The molecule has 1 aromatic heterocycles. The number of carbonyl (C=O) groups excluding carboxylic acids is 1. The van der Waals surface area contributed by atoms with Gasteiger partial charge in [-0.1, -0.05) is 0 Å². The Morgan fingerprint density at radius 1 is 1.58 bits per heavy atom. The summed E-state index contributed by atoms with van der Waals surface area (Å²) in [5.41, 5.74) is 1.67. The van der Waals surface area contributed by atoms with Crippen LogP contribution >= 0.6 is 0 Å². The molecule has 0 bridgehead atoms. The summed E-state index contributed by atoms with van der Waals surface area (Å²) in [6, 6.07) is 5.49. The van der Waals surface area contributed by atoms with E-state index in [-0.39, 0.29) is 12.1 Å². The van der Waals surface area contributed by atoms with E-state index in [0.29, 0.717) is 42.4 Å². The number of carbonyl (C=O) groups is 1. The van der Waals surface area contributed by atoms with Crippen LogP contribution in [0.2, 0.25) is 0 Å². The number of aromatic nitrogens is 1. The normalized spacial score (nSPS) is 15.6. The number of ether oxygens (including phenoxy) is 1. The summed E-state index contributed by atoms with van der Waals surface area (Å²) in [6.45, 7) is 3.15. The van der Waals surface area contributed by atoms with Crippen LogP contribution in [0.4, 0.5) is 6.01 Å². The molecule has 2 heterocycles. The van der Waals surface area contributed by atoms with Crippen molar-refractivity contribution in [3.63, 3.8) is 0 Å². The van der Waals surface area contributed by atoms with E-state index in [1.807, 2.05) is 4.90 Å². The topological polar surface area (TPSA) is 75.8 Å². The number of aliphatic hydroxyl groups is 1. The van der Waals surface area contributed by atoms with E-state index >= 15 is 0 Å². The lowest BCUT2D eigenvalue weighted by Crippen LogP contribution is -2.51. The Kier molecular flexibility index (Phi) is 2.87. The number of fused-ring (bicyclic) bond motifs is 1. The van der Waals surface area contributed by atoms with Crippen LogP contribution < -0.4 is 4.90 Å². The van der Waals surface area contributed by atoms with E-state index < -0.39 is 0 Å². The Hall–Kier alpha value is -2.08. The van der Waals surface area contributed by atoms with Crippen molar-refractivity contribution in [3.8, 4) is 0 Å². The first-order valence-corrected chi connectivity index (χ1v) is 6.18. The van der Waals surface area contributed by atoms with Crippen molar-refractivity contribution in [3.05, 3.63) is 23.8 Å². The molecule has 1 fully saturated rings. The van der Waals surface area contributed by atoms with Gasteiger partial charge in [-0.3, -0.25) is 0 Å². The lowest BCUT2D eigenvalue weighted by atomic mass is 10.2. The molecule has 0 amide bonds. The average Bonchev–Trinajstić information content (AvgIpc) is 2.77. The highest BCUT2D eigenvalue weighted by Gasteiger charge is 2.28. The van der Waals surface area contributed by atoms with Crippen molar-refractivity contribution < 1.29 is 19.1 Å². The predicted molar refractivity (Wildman–Crippen MR) is 68.2 cm³/mol. The largest absolute Gasteiger partial charge is 0.462 e. The average molecular weight is 262 g/mol. The van der Waals surface area contributed by atoms with Crippen LogP contribution in [0, 0.1) is 0 Å². The summed E-state index contributed by atoms with van der Waals surface area (Å²) in [5, 5.41) is 9.26. The molecular weight excluding hydrogens is 248 g/mol. The molecule has 0 atom stereocenters. The van der Waals surface area contributed by atoms with E-state index in [0.717, 1.165) is 0 Å². The molecule has 0 unspecified atom stereocenters. The summed E-state index contributed by atoms with van der Waals surface area (Å²) < 4.78 is 10.5. The third-order valence-electron chi connectivity index (χ3n) is 3.02. The van der Waals surface area contributed by atoms with Gasteiger partial charge in [0.05, 0.1) is 31.4 Å². The molecule has 1 aromatic carbocycles. The second kappa shape index (κ2) is 4.55. The number of benzene rings is 1. The van der Waals surface area contributed by atoms with Crippen molar-refractivity contribution in [2.24, 2.45) is 0 Å². The molecule has 6 heteroatoms. The minimum absolute atomic E-state index is 0.315. The third kappa shape index (κ3) is 2.15. The van der Waals surface area contributed by atoms with Gasteiger partial charge in [-0.25, -0.2) is 4.79 Å². The van der Waals surface area contributed by atoms with Gasteiger partial charge < -0.3 is 19.2 Å². The second-order valence-electron chi connectivity index (χ2n) is 4.46. The summed E-state index contributed by atoms with van der Waals surface area (Å²) in [5.74, 6) is -0.373. The molecule has 1 aliphatic rings. The monoisotopic (exact) mass is 262 g/mol. The molecule has 0 saturated carbocycles. The van der Waals surface area contributed by atoms with Crippen molar-refractivity contribution in [1.29, 1.82) is 0 Å². The number of anilines is 1. The molecule has 2 aromatic rings. The molecule has 6 nitrogen and oxygen atoms in total. The number of rotatable bonds is 3. The van der Waals surface area contributed by atoms with E-state index in [1.54, 1.807) is 25.1 Å². The minimum atomic E-state index is -0.373. The van der Waals surface area contributed by atoms with Crippen LogP contribution in [0.25, 0.3) is 11.1 Å². The van der Waals surface area contributed by atoms with Crippen molar-refractivity contribution in [2.45, 2.75) is 13.0 Å². The maximum absolute atomic E-state index is 11.6. The Morgan fingerprint density at radius 2 is 2.37 bits per heavy atom. The van der Waals surface area contributed by atoms with E-state index in [1.165, 1.54) is 0 Å². The van der Waals surface area contributed by atoms with Gasteiger partial charge in [0.15, 0.2) is 5.58 Å². The molecule has 0 radical (unpaired) electrons. The van der Waals surface area contributed by atoms with Crippen molar-refractivity contribution in [1.82, 2.24) is 4.98 Å². The predicted octanol–water partition coefficient (Wildman–Crippen LogP) is 1.19. The first kappa shape index (κ1) is 12.0. The zero-order chi connectivity index (χ0) is 13.4. The van der Waals surface area contributed by atoms with Gasteiger partial charge in [-0.05, 0) is 25.1 Å². The third-order valence-corrected chi connectivity index (χ3v) is 3.02. The molecule has 19 heavy (non-hydrogen) atoms. The molecule has 0 aliphatic carbocycles. The number of aliphatic hydroxyl groups excluding tert-OH is 1. The zero-order valence-corrected chi connectivity index (χ0v) is 10.5. The first-order valence-electron chi connectivity index (χ1n) is 6.18. The molecule has 0 spiro atoms. The first-order chi connectivity index (χ1) is 9.17. The Labute approximate surface area is 109 Å². The summed E-state index contributed by atoms with van der Waals surface area (Å²) >= 11 is 0. The van der Waals surface area contributed by atoms with E-state index in [9.17, 15) is 9.90 Å². The fourth-order valence-corrected chi connectivity index (χ4v) is 2.00. The molecule has 1 saturated heterocycles. The molecule has 100 valence electrons. The molecule has 1 aliphatic heterocycles. The Bertz CT molecular complexity index is 616. The highest BCUT2D eigenvalue weighted by Crippen LogP contribution is 2.26. The van der Waals surface area contributed by atoms with Gasteiger partial charge in [-0.2, -0.15) is 4.98 Å². The van der Waals surface area contributed by atoms with Crippen LogP contribution in [0.3, 0.4) is 0 Å². The Morgan fingerprint density at radius 3 is 3.05 bits per heavy atom. The SMILES string of the molecule is CCOC(=O)c1ccc2nc(N3CC(O)C3)oc2c1. The highest BCUT2D eigenvalue weighted by molar-refractivity contribution is 5.93. The van der Waals surface area contributed by atoms with Gasteiger partial charge in [0.1, 0.15) is 5.52 Å². The van der Waals surface area contributed by atoms with Crippen LogP contribution in [0.1, 0.15) is 17.3 Å². The van der Waals surface area contributed by atoms with Gasteiger partial charge in [0.25, 0.3) is 6.01 Å². The fraction of sp³-hybridized carbons (Fsp3) is 0.385. The Balaban J connectivity index is 1.88. The highest BCUT2D eigenvalue weighted by atomic mass is 16.5. The van der Waals surface area contributed by atoms with Crippen molar-refractivity contribution >= 4 is 23.1 Å². The quantitative estimate of drug-likeness (QED) is 0.837. The summed E-state index contributed by atoms with van der Waals surface area (Å²) in [7, 11) is 0. The van der Waals surface area contributed by atoms with Gasteiger partial charge >= 0.3 is 5.97 Å². The van der Waals surface area contributed by atoms with Crippen LogP contribution in [0.15, 0.2) is 22.6 Å². The maximum atomic E-state index is 11.6. The fourth-order valence-electron chi connectivity index (χ4n) is 2.00. The molecular formula is C13H14N2O4. The minimum Gasteiger partial charge on any atom is -0.462 e. The number of oxazole rings is 1. The number of hydrogen-bond acceptors (Lipinski definition) is 6. The zero-order valence-electron chi connectivity index (χ0n) is 10.5.